The standard InChI is InChI=1S/C15H21N5O/c1-11(14-19-17-10-20(14)2)18-15(21)13(16)9-8-12-6-4-3-5-7-12/h3-7,10-11,13H,8-9,16H2,1-2H3,(H,18,21). The van der Waals surface area contributed by atoms with Crippen LogP contribution in [0.2, 0.25) is 0 Å². The average Bonchev–Trinajstić information content (AvgIpc) is 2.92. The zero-order chi connectivity index (χ0) is 15.2. The molecular weight excluding hydrogens is 266 g/mol. The molecule has 112 valence electrons. The van der Waals surface area contributed by atoms with Crippen molar-refractivity contribution < 1.29 is 4.79 Å². The van der Waals surface area contributed by atoms with Crippen LogP contribution in [0.5, 0.6) is 0 Å². The van der Waals surface area contributed by atoms with E-state index in [1.165, 1.54) is 5.56 Å². The molecule has 1 aromatic carbocycles. The first kappa shape index (κ1) is 15.2. The van der Waals surface area contributed by atoms with Crippen LogP contribution in [-0.4, -0.2) is 26.7 Å². The zero-order valence-corrected chi connectivity index (χ0v) is 12.4. The van der Waals surface area contributed by atoms with E-state index in [4.69, 9.17) is 5.73 Å². The number of hydrogen-bond donors (Lipinski definition) is 2. The molecule has 0 aliphatic rings. The fraction of sp³-hybridized carbons (Fsp3) is 0.400. The number of benzene rings is 1. The van der Waals surface area contributed by atoms with Crippen LogP contribution in [0.1, 0.15) is 30.8 Å². The number of amides is 1. The van der Waals surface area contributed by atoms with Gasteiger partial charge < -0.3 is 15.6 Å². The number of nitrogens with zero attached hydrogens (tertiary/aromatic N) is 3. The van der Waals surface area contributed by atoms with Crippen molar-refractivity contribution in [3.8, 4) is 0 Å². The van der Waals surface area contributed by atoms with Gasteiger partial charge in [-0.3, -0.25) is 4.79 Å². The van der Waals surface area contributed by atoms with E-state index in [1.807, 2.05) is 44.3 Å². The van der Waals surface area contributed by atoms with Gasteiger partial charge in [-0.05, 0) is 25.3 Å². The zero-order valence-electron chi connectivity index (χ0n) is 12.4. The van der Waals surface area contributed by atoms with E-state index in [9.17, 15) is 4.79 Å². The van der Waals surface area contributed by atoms with Crippen LogP contribution in [0.25, 0.3) is 0 Å². The lowest BCUT2D eigenvalue weighted by Gasteiger charge is -2.17. The van der Waals surface area contributed by atoms with Gasteiger partial charge >= 0.3 is 0 Å². The second kappa shape index (κ2) is 6.99. The Morgan fingerprint density at radius 3 is 2.71 bits per heavy atom. The summed E-state index contributed by atoms with van der Waals surface area (Å²) in [5, 5.41) is 10.7. The Labute approximate surface area is 124 Å². The van der Waals surface area contributed by atoms with Crippen molar-refractivity contribution in [2.75, 3.05) is 0 Å². The Morgan fingerprint density at radius 1 is 1.38 bits per heavy atom. The van der Waals surface area contributed by atoms with Gasteiger partial charge in [-0.1, -0.05) is 30.3 Å². The van der Waals surface area contributed by atoms with Crippen molar-refractivity contribution in [1.82, 2.24) is 20.1 Å². The number of carbonyl (C=O) groups is 1. The highest BCUT2D eigenvalue weighted by Gasteiger charge is 2.18. The molecule has 0 fully saturated rings. The quantitative estimate of drug-likeness (QED) is 0.828. The molecule has 0 aliphatic heterocycles. The van der Waals surface area contributed by atoms with Crippen molar-refractivity contribution >= 4 is 5.91 Å². The molecule has 0 aliphatic carbocycles. The Morgan fingerprint density at radius 2 is 2.10 bits per heavy atom. The Bertz CT molecular complexity index is 581. The van der Waals surface area contributed by atoms with Gasteiger partial charge in [0.1, 0.15) is 6.33 Å². The highest BCUT2D eigenvalue weighted by molar-refractivity contribution is 5.81. The van der Waals surface area contributed by atoms with Crippen LogP contribution < -0.4 is 11.1 Å². The van der Waals surface area contributed by atoms with Gasteiger partial charge in [0, 0.05) is 7.05 Å². The SMILES string of the molecule is CC(NC(=O)C(N)CCc1ccccc1)c1nncn1C. The average molecular weight is 287 g/mol. The lowest BCUT2D eigenvalue weighted by molar-refractivity contribution is -0.123. The number of carbonyl (C=O) groups excluding carboxylic acids is 1. The van der Waals surface area contributed by atoms with Crippen LogP contribution in [0.4, 0.5) is 0 Å². The lowest BCUT2D eigenvalue weighted by Crippen LogP contribution is -2.42. The minimum atomic E-state index is -0.527. The van der Waals surface area contributed by atoms with E-state index in [-0.39, 0.29) is 11.9 Å². The second-order valence-electron chi connectivity index (χ2n) is 5.16. The van der Waals surface area contributed by atoms with Gasteiger partial charge in [0.2, 0.25) is 5.91 Å². The van der Waals surface area contributed by atoms with E-state index in [0.29, 0.717) is 12.2 Å². The minimum absolute atomic E-state index is 0.165. The molecule has 0 spiro atoms. The fourth-order valence-corrected chi connectivity index (χ4v) is 2.17. The predicted molar refractivity (Wildman–Crippen MR) is 80.3 cm³/mol. The maximum absolute atomic E-state index is 12.1. The van der Waals surface area contributed by atoms with Crippen molar-refractivity contribution in [3.05, 3.63) is 48.0 Å². The summed E-state index contributed by atoms with van der Waals surface area (Å²) in [6.45, 7) is 1.87. The number of aryl methyl sites for hydroxylation is 2. The minimum Gasteiger partial charge on any atom is -0.345 e. The summed E-state index contributed by atoms with van der Waals surface area (Å²) in [4.78, 5) is 12.1. The molecule has 1 amide bonds. The Balaban J connectivity index is 1.84. The molecular formula is C15H21N5O. The molecule has 0 saturated heterocycles. The Hall–Kier alpha value is -2.21. The first-order chi connectivity index (χ1) is 10.1. The monoisotopic (exact) mass is 287 g/mol. The summed E-state index contributed by atoms with van der Waals surface area (Å²) in [7, 11) is 1.84. The van der Waals surface area contributed by atoms with Gasteiger partial charge in [-0.15, -0.1) is 10.2 Å². The lowest BCUT2D eigenvalue weighted by atomic mass is 10.1. The molecule has 2 atom stereocenters. The van der Waals surface area contributed by atoms with Crippen LogP contribution in [-0.2, 0) is 18.3 Å². The topological polar surface area (TPSA) is 85.8 Å². The maximum Gasteiger partial charge on any atom is 0.237 e. The molecule has 1 heterocycles. The van der Waals surface area contributed by atoms with Crippen LogP contribution in [0, 0.1) is 0 Å². The number of nitrogens with two attached hydrogens (primary N) is 1. The normalized spacial score (nSPS) is 13.7. The first-order valence-electron chi connectivity index (χ1n) is 7.01. The van der Waals surface area contributed by atoms with Gasteiger partial charge in [0.05, 0.1) is 12.1 Å². The second-order valence-corrected chi connectivity index (χ2v) is 5.16. The third-order valence-corrected chi connectivity index (χ3v) is 3.42. The third-order valence-electron chi connectivity index (χ3n) is 3.42. The highest BCUT2D eigenvalue weighted by atomic mass is 16.2. The summed E-state index contributed by atoms with van der Waals surface area (Å²) in [6.07, 6.45) is 3.00. The van der Waals surface area contributed by atoms with Crippen LogP contribution in [0.3, 0.4) is 0 Å². The van der Waals surface area contributed by atoms with Crippen molar-refractivity contribution in [2.45, 2.75) is 31.8 Å². The molecule has 2 aromatic rings. The van der Waals surface area contributed by atoms with E-state index < -0.39 is 6.04 Å². The van der Waals surface area contributed by atoms with E-state index in [0.717, 1.165) is 6.42 Å². The molecule has 2 rings (SSSR count). The van der Waals surface area contributed by atoms with Gasteiger partial charge in [-0.2, -0.15) is 0 Å². The number of rotatable bonds is 6. The van der Waals surface area contributed by atoms with Gasteiger partial charge in [0.15, 0.2) is 5.82 Å². The van der Waals surface area contributed by atoms with E-state index in [1.54, 1.807) is 10.9 Å². The molecule has 6 nitrogen and oxygen atoms in total. The summed E-state index contributed by atoms with van der Waals surface area (Å²) in [6, 6.07) is 9.26. The predicted octanol–water partition coefficient (Wildman–Crippen LogP) is 0.952. The number of hydrogen-bond acceptors (Lipinski definition) is 4. The van der Waals surface area contributed by atoms with Crippen molar-refractivity contribution in [1.29, 1.82) is 0 Å². The smallest absolute Gasteiger partial charge is 0.237 e. The van der Waals surface area contributed by atoms with Gasteiger partial charge in [-0.25, -0.2) is 0 Å². The first-order valence-corrected chi connectivity index (χ1v) is 7.01. The van der Waals surface area contributed by atoms with E-state index >= 15 is 0 Å². The van der Waals surface area contributed by atoms with Crippen molar-refractivity contribution in [3.63, 3.8) is 0 Å². The summed E-state index contributed by atoms with van der Waals surface area (Å²) >= 11 is 0. The van der Waals surface area contributed by atoms with E-state index in [2.05, 4.69) is 15.5 Å². The largest absolute Gasteiger partial charge is 0.345 e. The molecule has 3 N–H and O–H groups in total. The fourth-order valence-electron chi connectivity index (χ4n) is 2.17. The molecule has 1 aromatic heterocycles. The molecule has 0 saturated carbocycles. The summed E-state index contributed by atoms with van der Waals surface area (Å²) in [5.41, 5.74) is 7.13. The Kier molecular flexibility index (Phi) is 5.05. The number of aromatic nitrogens is 3. The summed E-state index contributed by atoms with van der Waals surface area (Å²) < 4.78 is 1.78. The molecule has 21 heavy (non-hydrogen) atoms. The van der Waals surface area contributed by atoms with Gasteiger partial charge in [0.25, 0.3) is 0 Å². The molecule has 0 bridgehead atoms. The van der Waals surface area contributed by atoms with Crippen LogP contribution in [0.15, 0.2) is 36.7 Å². The maximum atomic E-state index is 12.1. The molecule has 2 unspecified atom stereocenters. The molecule has 6 heteroatoms. The van der Waals surface area contributed by atoms with Crippen LogP contribution >= 0.6 is 0 Å². The molecule has 0 radical (unpaired) electrons. The third kappa shape index (κ3) is 4.13. The van der Waals surface area contributed by atoms with Crippen molar-refractivity contribution in [2.24, 2.45) is 12.8 Å². The highest BCUT2D eigenvalue weighted by Crippen LogP contribution is 2.09. The summed E-state index contributed by atoms with van der Waals surface area (Å²) in [5.74, 6) is 0.542. The number of nitrogens with one attached hydrogen (secondary N) is 1.